The molecule has 8 heteroatoms. The Hall–Kier alpha value is -3.35. The predicted octanol–water partition coefficient (Wildman–Crippen LogP) is 6.07. The first-order chi connectivity index (χ1) is 16.2. The maximum absolute atomic E-state index is 13.4. The highest BCUT2D eigenvalue weighted by Gasteiger charge is 2.46. The number of carbonyl (C=O) groups excluding carboxylic acids is 2. The molecular weight excluding hydrogens is 480 g/mol. The lowest BCUT2D eigenvalue weighted by molar-refractivity contribution is -0.140. The van der Waals surface area contributed by atoms with Gasteiger partial charge in [-0.3, -0.25) is 9.59 Å². The van der Waals surface area contributed by atoms with Crippen LogP contribution in [0.5, 0.6) is 5.75 Å². The Bertz CT molecular complexity index is 1300. The van der Waals surface area contributed by atoms with Crippen LogP contribution in [-0.2, 0) is 16.1 Å². The van der Waals surface area contributed by atoms with E-state index in [2.05, 4.69) is 0 Å². The van der Waals surface area contributed by atoms with E-state index in [4.69, 9.17) is 27.9 Å². The van der Waals surface area contributed by atoms with Crippen molar-refractivity contribution in [2.45, 2.75) is 19.5 Å². The third kappa shape index (κ3) is 4.39. The lowest BCUT2D eigenvalue weighted by Gasteiger charge is -2.26. The second kappa shape index (κ2) is 9.49. The van der Waals surface area contributed by atoms with E-state index in [1.165, 1.54) is 36.3 Å². The van der Waals surface area contributed by atoms with Gasteiger partial charge in [-0.15, -0.1) is 0 Å². The zero-order valence-electron chi connectivity index (χ0n) is 18.3. The van der Waals surface area contributed by atoms with Gasteiger partial charge >= 0.3 is 0 Å². The maximum Gasteiger partial charge on any atom is 0.295 e. The molecule has 34 heavy (non-hydrogen) atoms. The zero-order valence-corrected chi connectivity index (χ0v) is 19.8. The van der Waals surface area contributed by atoms with Gasteiger partial charge in [0.25, 0.3) is 11.7 Å². The fourth-order valence-corrected chi connectivity index (χ4v) is 4.70. The highest BCUT2D eigenvalue weighted by molar-refractivity contribution is 6.46. The van der Waals surface area contributed by atoms with Crippen molar-refractivity contribution in [3.8, 4) is 5.75 Å². The van der Waals surface area contributed by atoms with Crippen LogP contribution in [0.15, 0.2) is 66.2 Å². The summed E-state index contributed by atoms with van der Waals surface area (Å²) in [7, 11) is 1.41. The van der Waals surface area contributed by atoms with Gasteiger partial charge in [0.15, 0.2) is 5.75 Å². The van der Waals surface area contributed by atoms with Gasteiger partial charge in [0.1, 0.15) is 11.6 Å². The van der Waals surface area contributed by atoms with Crippen LogP contribution in [0.3, 0.4) is 0 Å². The average molecular weight is 500 g/mol. The van der Waals surface area contributed by atoms with E-state index in [1.54, 1.807) is 18.2 Å². The number of carbonyl (C=O) groups is 2. The number of methoxy groups -OCH3 is 1. The summed E-state index contributed by atoms with van der Waals surface area (Å²) in [6.45, 7) is 1.93. The Morgan fingerprint density at radius 2 is 1.71 bits per heavy atom. The Labute approximate surface area is 206 Å². The van der Waals surface area contributed by atoms with Gasteiger partial charge in [-0.05, 0) is 42.3 Å². The molecule has 0 spiro atoms. The SMILES string of the molecule is COc1c(Cl)cc(/C(O)=C2\C(=O)C(=O)N(Cc3ccc(F)cc3)C2c2cccc(C)c2)cc1Cl. The van der Waals surface area contributed by atoms with E-state index in [0.29, 0.717) is 11.1 Å². The molecule has 1 N–H and O–H groups in total. The van der Waals surface area contributed by atoms with E-state index in [0.717, 1.165) is 5.56 Å². The second-order valence-electron chi connectivity index (χ2n) is 7.94. The Morgan fingerprint density at radius 3 is 2.29 bits per heavy atom. The summed E-state index contributed by atoms with van der Waals surface area (Å²) in [5.41, 5.74) is 2.29. The van der Waals surface area contributed by atoms with Crippen LogP contribution in [-0.4, -0.2) is 28.8 Å². The monoisotopic (exact) mass is 499 g/mol. The number of Topliss-reactive ketones (excluding diaryl/α,β-unsaturated/α-hetero) is 1. The molecule has 1 heterocycles. The molecule has 4 rings (SSSR count). The van der Waals surface area contributed by atoms with Crippen molar-refractivity contribution in [1.29, 1.82) is 0 Å². The van der Waals surface area contributed by atoms with Gasteiger partial charge in [-0.2, -0.15) is 0 Å². The van der Waals surface area contributed by atoms with Crippen molar-refractivity contribution in [3.05, 3.63) is 104 Å². The normalized spacial score (nSPS) is 17.3. The lowest BCUT2D eigenvalue weighted by atomic mass is 9.94. The molecule has 3 aromatic rings. The number of ether oxygens (including phenoxy) is 1. The van der Waals surface area contributed by atoms with Crippen molar-refractivity contribution in [2.24, 2.45) is 0 Å². The van der Waals surface area contributed by atoms with Gasteiger partial charge in [0.2, 0.25) is 0 Å². The van der Waals surface area contributed by atoms with Crippen molar-refractivity contribution in [1.82, 2.24) is 4.90 Å². The highest BCUT2D eigenvalue weighted by atomic mass is 35.5. The summed E-state index contributed by atoms with van der Waals surface area (Å²) >= 11 is 12.5. The fourth-order valence-electron chi connectivity index (χ4n) is 4.06. The van der Waals surface area contributed by atoms with Gasteiger partial charge < -0.3 is 14.7 Å². The van der Waals surface area contributed by atoms with Crippen LogP contribution in [0.1, 0.15) is 28.3 Å². The van der Waals surface area contributed by atoms with Gasteiger partial charge in [0.05, 0.1) is 28.8 Å². The minimum Gasteiger partial charge on any atom is -0.507 e. The molecule has 5 nitrogen and oxygen atoms in total. The standard InChI is InChI=1S/C26H20Cl2FNO4/c1-14-4-3-5-16(10-14)22-21(23(31)17-11-19(27)25(34-2)20(28)12-17)24(32)26(33)30(22)13-15-6-8-18(29)9-7-15/h3-12,22,31H,13H2,1-2H3/b23-21+. The highest BCUT2D eigenvalue weighted by Crippen LogP contribution is 2.42. The summed E-state index contributed by atoms with van der Waals surface area (Å²) in [6, 6.07) is 15.0. The average Bonchev–Trinajstić information content (AvgIpc) is 3.04. The zero-order chi connectivity index (χ0) is 24.6. The molecular formula is C26H20Cl2FNO4. The second-order valence-corrected chi connectivity index (χ2v) is 8.76. The Kier molecular flexibility index (Phi) is 6.64. The summed E-state index contributed by atoms with van der Waals surface area (Å²) in [5.74, 6) is -2.20. The smallest absolute Gasteiger partial charge is 0.295 e. The van der Waals surface area contributed by atoms with E-state index in [9.17, 15) is 19.1 Å². The van der Waals surface area contributed by atoms with Gasteiger partial charge in [-0.25, -0.2) is 4.39 Å². The first-order valence-corrected chi connectivity index (χ1v) is 11.1. The van der Waals surface area contributed by atoms with E-state index >= 15 is 0 Å². The molecule has 1 saturated heterocycles. The summed E-state index contributed by atoms with van der Waals surface area (Å²) in [6.07, 6.45) is 0. The summed E-state index contributed by atoms with van der Waals surface area (Å²) in [5, 5.41) is 11.5. The lowest BCUT2D eigenvalue weighted by Crippen LogP contribution is -2.29. The van der Waals surface area contributed by atoms with Crippen molar-refractivity contribution < 1.29 is 23.8 Å². The number of nitrogens with zero attached hydrogens (tertiary/aromatic N) is 1. The molecule has 3 aromatic carbocycles. The summed E-state index contributed by atoms with van der Waals surface area (Å²) in [4.78, 5) is 27.7. The Morgan fingerprint density at radius 1 is 1.06 bits per heavy atom. The van der Waals surface area contributed by atoms with E-state index < -0.39 is 29.3 Å². The van der Waals surface area contributed by atoms with Crippen molar-refractivity contribution in [2.75, 3.05) is 7.11 Å². The topological polar surface area (TPSA) is 66.8 Å². The van der Waals surface area contributed by atoms with Crippen LogP contribution in [0, 0.1) is 12.7 Å². The quantitative estimate of drug-likeness (QED) is 0.262. The molecule has 0 saturated carbocycles. The van der Waals surface area contributed by atoms with E-state index in [1.807, 2.05) is 25.1 Å². The van der Waals surface area contributed by atoms with Crippen LogP contribution in [0.2, 0.25) is 10.0 Å². The maximum atomic E-state index is 13.4. The van der Waals surface area contributed by atoms with Crippen LogP contribution < -0.4 is 4.74 Å². The molecule has 1 aliphatic heterocycles. The molecule has 1 aliphatic rings. The first-order valence-electron chi connectivity index (χ1n) is 10.3. The largest absolute Gasteiger partial charge is 0.507 e. The third-order valence-electron chi connectivity index (χ3n) is 5.64. The summed E-state index contributed by atoms with van der Waals surface area (Å²) < 4.78 is 18.5. The number of benzene rings is 3. The molecule has 0 aliphatic carbocycles. The van der Waals surface area contributed by atoms with Crippen molar-refractivity contribution in [3.63, 3.8) is 0 Å². The van der Waals surface area contributed by atoms with Crippen LogP contribution in [0.25, 0.3) is 5.76 Å². The molecule has 174 valence electrons. The van der Waals surface area contributed by atoms with Crippen LogP contribution in [0.4, 0.5) is 4.39 Å². The number of halogens is 3. The molecule has 1 unspecified atom stereocenters. The fraction of sp³-hybridized carbons (Fsp3) is 0.154. The minimum absolute atomic E-state index is 0.0460. The predicted molar refractivity (Wildman–Crippen MR) is 128 cm³/mol. The van der Waals surface area contributed by atoms with Gasteiger partial charge in [-0.1, -0.05) is 65.2 Å². The number of likely N-dealkylation sites (tertiary alicyclic amines) is 1. The number of amides is 1. The number of ketones is 1. The van der Waals surface area contributed by atoms with Gasteiger partial charge in [0, 0.05) is 12.1 Å². The number of aliphatic hydroxyl groups excluding tert-OH is 1. The number of hydrogen-bond acceptors (Lipinski definition) is 4. The first kappa shape index (κ1) is 23.8. The molecule has 1 atom stereocenters. The van der Waals surface area contributed by atoms with Crippen molar-refractivity contribution >= 4 is 40.7 Å². The minimum atomic E-state index is -0.871. The van der Waals surface area contributed by atoms with Crippen LogP contribution >= 0.6 is 23.2 Å². The van der Waals surface area contributed by atoms with E-state index in [-0.39, 0.29) is 33.5 Å². The molecule has 0 aromatic heterocycles. The molecule has 0 bridgehead atoms. The molecule has 1 amide bonds. The number of hydrogen-bond donors (Lipinski definition) is 1. The molecule has 0 radical (unpaired) electrons. The number of aliphatic hydroxyl groups is 1. The number of rotatable bonds is 5. The number of aryl methyl sites for hydroxylation is 1. The third-order valence-corrected chi connectivity index (χ3v) is 6.20. The Balaban J connectivity index is 1.88. The molecule has 1 fully saturated rings.